The van der Waals surface area contributed by atoms with Gasteiger partial charge in [-0.05, 0) is 12.1 Å². The van der Waals surface area contributed by atoms with Crippen LogP contribution in [-0.4, -0.2) is 5.97 Å². The average Bonchev–Trinajstić information content (AvgIpc) is 2.49. The fourth-order valence-electron chi connectivity index (χ4n) is 1.11. The van der Waals surface area contributed by atoms with Gasteiger partial charge in [0.15, 0.2) is 0 Å². The average molecular weight is 175 g/mol. The van der Waals surface area contributed by atoms with E-state index in [9.17, 15) is 4.79 Å². The molecular weight excluding hydrogens is 168 g/mol. The molecule has 1 aromatic carbocycles. The molecule has 0 aliphatic carbocycles. The second kappa shape index (κ2) is 2.94. The molecule has 0 saturated heterocycles. The molecule has 1 heterocycles. The Bertz CT molecular complexity index is 442. The number of hydrogen-bond acceptors (Lipinski definition) is 3. The van der Waals surface area contributed by atoms with E-state index in [4.69, 9.17) is 9.15 Å². The second-order valence-corrected chi connectivity index (χ2v) is 2.63. The fraction of sp³-hybridized carbons (Fsp3) is 0.100. The standard InChI is InChI=1S/C10H7O3/c1-7(11)13-9-3-2-8-4-5-12-10(8)6-9/h2-3,5-6H,1H3. The molecule has 0 N–H and O–H groups in total. The molecule has 13 heavy (non-hydrogen) atoms. The molecule has 1 aromatic heterocycles. The number of rotatable bonds is 1. The quantitative estimate of drug-likeness (QED) is 0.492. The Labute approximate surface area is 74.9 Å². The summed E-state index contributed by atoms with van der Waals surface area (Å²) < 4.78 is 9.97. The molecule has 0 saturated carbocycles. The third-order valence-corrected chi connectivity index (χ3v) is 1.61. The predicted molar refractivity (Wildman–Crippen MR) is 46.4 cm³/mol. The minimum absolute atomic E-state index is 0.338. The van der Waals surface area contributed by atoms with Crippen molar-refractivity contribution in [3.8, 4) is 5.75 Å². The summed E-state index contributed by atoms with van der Waals surface area (Å²) in [6.07, 6.45) is 1.47. The summed E-state index contributed by atoms with van der Waals surface area (Å²) in [7, 11) is 0. The van der Waals surface area contributed by atoms with Gasteiger partial charge in [0, 0.05) is 24.4 Å². The van der Waals surface area contributed by atoms with E-state index in [0.29, 0.717) is 11.3 Å². The zero-order valence-electron chi connectivity index (χ0n) is 7.03. The van der Waals surface area contributed by atoms with E-state index in [1.165, 1.54) is 13.2 Å². The monoisotopic (exact) mass is 175 g/mol. The molecule has 0 spiro atoms. The van der Waals surface area contributed by atoms with Crippen LogP contribution >= 0.6 is 0 Å². The minimum atomic E-state index is -0.338. The van der Waals surface area contributed by atoms with Gasteiger partial charge in [-0.25, -0.2) is 0 Å². The fourth-order valence-corrected chi connectivity index (χ4v) is 1.11. The molecule has 3 heteroatoms. The lowest BCUT2D eigenvalue weighted by molar-refractivity contribution is -0.131. The van der Waals surface area contributed by atoms with Crippen molar-refractivity contribution in [3.05, 3.63) is 30.5 Å². The van der Waals surface area contributed by atoms with Gasteiger partial charge >= 0.3 is 5.97 Å². The first-order valence-corrected chi connectivity index (χ1v) is 3.83. The van der Waals surface area contributed by atoms with Crippen LogP contribution < -0.4 is 4.74 Å². The summed E-state index contributed by atoms with van der Waals surface area (Å²) in [5, 5.41) is 0.871. The summed E-state index contributed by atoms with van der Waals surface area (Å²) >= 11 is 0. The Kier molecular flexibility index (Phi) is 1.77. The van der Waals surface area contributed by atoms with Crippen LogP contribution in [0.15, 0.2) is 28.9 Å². The number of ether oxygens (including phenoxy) is 1. The van der Waals surface area contributed by atoms with Crippen molar-refractivity contribution in [3.63, 3.8) is 0 Å². The van der Waals surface area contributed by atoms with E-state index in [2.05, 4.69) is 6.07 Å². The van der Waals surface area contributed by atoms with Crippen LogP contribution in [0, 0.1) is 6.07 Å². The second-order valence-electron chi connectivity index (χ2n) is 2.63. The molecule has 0 aliphatic heterocycles. The lowest BCUT2D eigenvalue weighted by atomic mass is 10.2. The van der Waals surface area contributed by atoms with E-state index in [-0.39, 0.29) is 5.97 Å². The van der Waals surface area contributed by atoms with Gasteiger partial charge in [-0.15, -0.1) is 0 Å². The molecule has 2 rings (SSSR count). The van der Waals surface area contributed by atoms with E-state index < -0.39 is 0 Å². The lowest BCUT2D eigenvalue weighted by Crippen LogP contribution is -2.00. The van der Waals surface area contributed by atoms with Crippen molar-refractivity contribution < 1.29 is 13.9 Å². The molecular formula is C10H7O3. The van der Waals surface area contributed by atoms with Gasteiger partial charge in [-0.2, -0.15) is 0 Å². The van der Waals surface area contributed by atoms with Gasteiger partial charge in [0.05, 0.1) is 6.26 Å². The molecule has 0 unspecified atom stereocenters. The molecule has 0 aliphatic rings. The topological polar surface area (TPSA) is 39.4 Å². The van der Waals surface area contributed by atoms with Crippen molar-refractivity contribution in [1.82, 2.24) is 0 Å². The van der Waals surface area contributed by atoms with Crippen LogP contribution in [0.5, 0.6) is 5.75 Å². The highest BCUT2D eigenvalue weighted by Crippen LogP contribution is 2.21. The molecule has 1 radical (unpaired) electrons. The van der Waals surface area contributed by atoms with Gasteiger partial charge in [-0.3, -0.25) is 4.79 Å². The molecule has 0 atom stereocenters. The highest BCUT2D eigenvalue weighted by atomic mass is 16.5. The Morgan fingerprint density at radius 1 is 1.54 bits per heavy atom. The number of hydrogen-bond donors (Lipinski definition) is 0. The van der Waals surface area contributed by atoms with Gasteiger partial charge in [0.1, 0.15) is 11.3 Å². The third kappa shape index (κ3) is 1.54. The molecule has 3 nitrogen and oxygen atoms in total. The van der Waals surface area contributed by atoms with Crippen LogP contribution in [-0.2, 0) is 4.79 Å². The largest absolute Gasteiger partial charge is 0.464 e. The SMILES string of the molecule is CC(=O)Oc1ccc2[c]coc2c1. The third-order valence-electron chi connectivity index (χ3n) is 1.61. The molecule has 0 amide bonds. The number of furan rings is 1. The molecule has 65 valence electrons. The Morgan fingerprint density at radius 3 is 3.15 bits per heavy atom. The van der Waals surface area contributed by atoms with E-state index in [1.54, 1.807) is 18.2 Å². The maximum atomic E-state index is 10.6. The van der Waals surface area contributed by atoms with Gasteiger partial charge in [0.2, 0.25) is 0 Å². The Balaban J connectivity index is 2.42. The highest BCUT2D eigenvalue weighted by Gasteiger charge is 2.01. The van der Waals surface area contributed by atoms with Crippen molar-refractivity contribution in [1.29, 1.82) is 0 Å². The lowest BCUT2D eigenvalue weighted by Gasteiger charge is -1.99. The Hall–Kier alpha value is -1.77. The van der Waals surface area contributed by atoms with Crippen LogP contribution in [0.25, 0.3) is 11.0 Å². The number of esters is 1. The van der Waals surface area contributed by atoms with Crippen molar-refractivity contribution >= 4 is 16.9 Å². The first-order chi connectivity index (χ1) is 6.25. The summed E-state index contributed by atoms with van der Waals surface area (Å²) in [6, 6.07) is 8.05. The van der Waals surface area contributed by atoms with Crippen LogP contribution in [0.4, 0.5) is 0 Å². The van der Waals surface area contributed by atoms with Gasteiger partial charge < -0.3 is 9.15 Å². The maximum absolute atomic E-state index is 10.6. The number of benzene rings is 1. The summed E-state index contributed by atoms with van der Waals surface area (Å²) in [4.78, 5) is 10.6. The maximum Gasteiger partial charge on any atom is 0.308 e. The number of fused-ring (bicyclic) bond motifs is 1. The Morgan fingerprint density at radius 2 is 2.38 bits per heavy atom. The smallest absolute Gasteiger partial charge is 0.308 e. The molecule has 0 fully saturated rings. The highest BCUT2D eigenvalue weighted by molar-refractivity contribution is 5.79. The predicted octanol–water partition coefficient (Wildman–Crippen LogP) is 2.16. The number of carbonyl (C=O) groups excluding carboxylic acids is 1. The summed E-state index contributed by atoms with van der Waals surface area (Å²) in [6.45, 7) is 1.36. The minimum Gasteiger partial charge on any atom is -0.464 e. The van der Waals surface area contributed by atoms with Gasteiger partial charge in [0.25, 0.3) is 0 Å². The van der Waals surface area contributed by atoms with Crippen molar-refractivity contribution in [2.75, 3.05) is 0 Å². The summed E-state index contributed by atoms with van der Waals surface area (Å²) in [5.41, 5.74) is 0.666. The zero-order chi connectivity index (χ0) is 9.26. The molecule has 2 aromatic rings. The number of carbonyl (C=O) groups is 1. The zero-order valence-corrected chi connectivity index (χ0v) is 7.03. The van der Waals surface area contributed by atoms with Crippen molar-refractivity contribution in [2.45, 2.75) is 6.92 Å². The normalized spacial score (nSPS) is 10.2. The van der Waals surface area contributed by atoms with Crippen LogP contribution in [0.2, 0.25) is 0 Å². The van der Waals surface area contributed by atoms with Crippen molar-refractivity contribution in [2.24, 2.45) is 0 Å². The first kappa shape index (κ1) is 7.86. The first-order valence-electron chi connectivity index (χ1n) is 3.83. The van der Waals surface area contributed by atoms with E-state index in [0.717, 1.165) is 5.39 Å². The van der Waals surface area contributed by atoms with E-state index >= 15 is 0 Å². The van der Waals surface area contributed by atoms with E-state index in [1.807, 2.05) is 0 Å². The summed E-state index contributed by atoms with van der Waals surface area (Å²) in [5.74, 6) is 0.151. The molecule has 0 bridgehead atoms. The van der Waals surface area contributed by atoms with Gasteiger partial charge in [-0.1, -0.05) is 0 Å². The van der Waals surface area contributed by atoms with Crippen LogP contribution in [0.3, 0.4) is 0 Å². The van der Waals surface area contributed by atoms with Crippen LogP contribution in [0.1, 0.15) is 6.92 Å².